The fourth-order valence-corrected chi connectivity index (χ4v) is 4.65. The molecule has 0 aliphatic carbocycles. The van der Waals surface area contributed by atoms with Crippen LogP contribution in [0.15, 0.2) is 41.3 Å². The van der Waals surface area contributed by atoms with E-state index in [2.05, 4.69) is 28.0 Å². The van der Waals surface area contributed by atoms with Gasteiger partial charge in [0.25, 0.3) is 5.91 Å². The molecule has 2 fully saturated rings. The van der Waals surface area contributed by atoms with Crippen molar-refractivity contribution in [2.24, 2.45) is 0 Å². The molecule has 168 valence electrons. The van der Waals surface area contributed by atoms with Crippen molar-refractivity contribution >= 4 is 29.0 Å². The van der Waals surface area contributed by atoms with E-state index in [0.717, 1.165) is 48.0 Å². The Morgan fingerprint density at radius 1 is 1.03 bits per heavy atom. The molecule has 2 heterocycles. The SMILES string of the molecule is COc1ccc(N2CCN(C(=O)c3cc(SC)ccc3N3CCOCC3)CC2)cc1C#N. The molecule has 2 aliphatic heterocycles. The zero-order chi connectivity index (χ0) is 22.5. The second-order valence-electron chi connectivity index (χ2n) is 7.76. The second-order valence-corrected chi connectivity index (χ2v) is 8.64. The standard InChI is InChI=1S/C24H28N4O3S/c1-30-23-6-3-19(15-18(23)17-25)26-7-9-28(10-8-26)24(29)21-16-20(32-2)4-5-22(21)27-11-13-31-14-12-27/h3-6,15-16H,7-14H2,1-2H3. The summed E-state index contributed by atoms with van der Waals surface area (Å²) in [7, 11) is 1.57. The third kappa shape index (κ3) is 4.64. The van der Waals surface area contributed by atoms with E-state index in [1.807, 2.05) is 35.4 Å². The molecule has 2 saturated heterocycles. The zero-order valence-electron chi connectivity index (χ0n) is 18.5. The van der Waals surface area contributed by atoms with Crippen molar-refractivity contribution in [1.82, 2.24) is 4.90 Å². The van der Waals surface area contributed by atoms with Crippen molar-refractivity contribution in [2.45, 2.75) is 4.90 Å². The van der Waals surface area contributed by atoms with Gasteiger partial charge in [0.15, 0.2) is 0 Å². The summed E-state index contributed by atoms with van der Waals surface area (Å²) in [5, 5.41) is 9.37. The minimum atomic E-state index is 0.0782. The van der Waals surface area contributed by atoms with Crippen molar-refractivity contribution < 1.29 is 14.3 Å². The second kappa shape index (κ2) is 10.2. The van der Waals surface area contributed by atoms with Crippen LogP contribution in [0.4, 0.5) is 11.4 Å². The average molecular weight is 453 g/mol. The minimum Gasteiger partial charge on any atom is -0.495 e. The molecular weight excluding hydrogens is 424 g/mol. The highest BCUT2D eigenvalue weighted by Crippen LogP contribution is 2.29. The molecule has 0 unspecified atom stereocenters. The van der Waals surface area contributed by atoms with Crippen LogP contribution in [0.5, 0.6) is 5.75 Å². The maximum Gasteiger partial charge on any atom is 0.256 e. The van der Waals surface area contributed by atoms with Gasteiger partial charge in [-0.1, -0.05) is 0 Å². The maximum absolute atomic E-state index is 13.5. The van der Waals surface area contributed by atoms with Gasteiger partial charge in [0.1, 0.15) is 11.8 Å². The van der Waals surface area contributed by atoms with Gasteiger partial charge in [-0.15, -0.1) is 11.8 Å². The number of ether oxygens (including phenoxy) is 2. The molecule has 0 aromatic heterocycles. The van der Waals surface area contributed by atoms with Gasteiger partial charge in [0, 0.05) is 55.5 Å². The van der Waals surface area contributed by atoms with Crippen molar-refractivity contribution in [1.29, 1.82) is 5.26 Å². The van der Waals surface area contributed by atoms with Crippen molar-refractivity contribution in [3.05, 3.63) is 47.5 Å². The summed E-state index contributed by atoms with van der Waals surface area (Å²) in [5.74, 6) is 0.656. The lowest BCUT2D eigenvalue weighted by Gasteiger charge is -2.37. The number of hydrogen-bond acceptors (Lipinski definition) is 7. The number of anilines is 2. The minimum absolute atomic E-state index is 0.0782. The normalized spacial score (nSPS) is 16.6. The van der Waals surface area contributed by atoms with Crippen molar-refractivity contribution in [3.8, 4) is 11.8 Å². The maximum atomic E-state index is 13.5. The van der Waals surface area contributed by atoms with Crippen LogP contribution in [-0.4, -0.2) is 76.7 Å². The van der Waals surface area contributed by atoms with Gasteiger partial charge in [-0.2, -0.15) is 5.26 Å². The van der Waals surface area contributed by atoms with E-state index < -0.39 is 0 Å². The van der Waals surface area contributed by atoms with Gasteiger partial charge < -0.3 is 24.2 Å². The number of amides is 1. The van der Waals surface area contributed by atoms with Crippen LogP contribution in [0, 0.1) is 11.3 Å². The number of piperazine rings is 1. The summed E-state index contributed by atoms with van der Waals surface area (Å²) >= 11 is 1.65. The fraction of sp³-hybridized carbons (Fsp3) is 0.417. The zero-order valence-corrected chi connectivity index (χ0v) is 19.4. The first-order valence-corrected chi connectivity index (χ1v) is 12.0. The predicted octanol–water partition coefficient (Wildman–Crippen LogP) is 3.09. The number of rotatable bonds is 5. The van der Waals surface area contributed by atoms with Crippen molar-refractivity contribution in [2.75, 3.05) is 75.6 Å². The Kier molecular flexibility index (Phi) is 7.08. The molecule has 0 bridgehead atoms. The Bertz CT molecular complexity index is 1010. The van der Waals surface area contributed by atoms with E-state index in [0.29, 0.717) is 37.6 Å². The molecule has 2 aliphatic rings. The summed E-state index contributed by atoms with van der Waals surface area (Å²) in [5.41, 5.74) is 3.26. The summed E-state index contributed by atoms with van der Waals surface area (Å²) < 4.78 is 10.7. The monoisotopic (exact) mass is 452 g/mol. The van der Waals surface area contributed by atoms with Crippen LogP contribution in [0.1, 0.15) is 15.9 Å². The van der Waals surface area contributed by atoms with Crippen molar-refractivity contribution in [3.63, 3.8) is 0 Å². The molecule has 2 aromatic rings. The molecule has 4 rings (SSSR count). The number of hydrogen-bond donors (Lipinski definition) is 0. The molecule has 0 saturated carbocycles. The smallest absolute Gasteiger partial charge is 0.256 e. The lowest BCUT2D eigenvalue weighted by atomic mass is 10.1. The van der Waals surface area contributed by atoms with Crippen LogP contribution in [0.25, 0.3) is 0 Å². The molecule has 0 N–H and O–H groups in total. The molecule has 0 atom stereocenters. The summed E-state index contributed by atoms with van der Waals surface area (Å²) in [6.45, 7) is 5.68. The third-order valence-corrected chi connectivity index (χ3v) is 6.75. The summed E-state index contributed by atoms with van der Waals surface area (Å²) in [4.78, 5) is 21.0. The Balaban J connectivity index is 1.49. The van der Waals surface area contributed by atoms with Crippen LogP contribution in [0.2, 0.25) is 0 Å². The molecule has 7 nitrogen and oxygen atoms in total. The topological polar surface area (TPSA) is 69.0 Å². The largest absolute Gasteiger partial charge is 0.495 e. The molecule has 1 amide bonds. The third-order valence-electron chi connectivity index (χ3n) is 6.02. The first kappa shape index (κ1) is 22.3. The number of carbonyl (C=O) groups is 1. The van der Waals surface area contributed by atoms with Crippen LogP contribution in [0.3, 0.4) is 0 Å². The van der Waals surface area contributed by atoms with E-state index in [9.17, 15) is 10.1 Å². The van der Waals surface area contributed by atoms with Gasteiger partial charge in [-0.05, 0) is 42.7 Å². The van der Waals surface area contributed by atoms with E-state index in [1.54, 1.807) is 18.9 Å². The van der Waals surface area contributed by atoms with Gasteiger partial charge in [0.2, 0.25) is 0 Å². The van der Waals surface area contributed by atoms with Crippen LogP contribution >= 0.6 is 11.8 Å². The highest BCUT2D eigenvalue weighted by Gasteiger charge is 2.26. The Morgan fingerprint density at radius 2 is 1.78 bits per heavy atom. The van der Waals surface area contributed by atoms with Gasteiger partial charge in [-0.3, -0.25) is 4.79 Å². The highest BCUT2D eigenvalue weighted by molar-refractivity contribution is 7.98. The first-order chi connectivity index (χ1) is 15.6. The number of morpholine rings is 1. The van der Waals surface area contributed by atoms with E-state index in [1.165, 1.54) is 0 Å². The molecule has 0 radical (unpaired) electrons. The van der Waals surface area contributed by atoms with E-state index >= 15 is 0 Å². The number of nitrogens with zero attached hydrogens (tertiary/aromatic N) is 4. The van der Waals surface area contributed by atoms with E-state index in [-0.39, 0.29) is 5.91 Å². The highest BCUT2D eigenvalue weighted by atomic mass is 32.2. The van der Waals surface area contributed by atoms with Gasteiger partial charge in [0.05, 0.1) is 31.5 Å². The molecular formula is C24H28N4O3S. The number of methoxy groups -OCH3 is 1. The lowest BCUT2D eigenvalue weighted by molar-refractivity contribution is 0.0746. The molecule has 2 aromatic carbocycles. The summed E-state index contributed by atoms with van der Waals surface area (Å²) in [6, 6.07) is 14.0. The number of benzene rings is 2. The predicted molar refractivity (Wildman–Crippen MR) is 127 cm³/mol. The Labute approximate surface area is 193 Å². The molecule has 0 spiro atoms. The molecule has 8 heteroatoms. The van der Waals surface area contributed by atoms with E-state index in [4.69, 9.17) is 9.47 Å². The quantitative estimate of drug-likeness (QED) is 0.646. The number of nitriles is 1. The van der Waals surface area contributed by atoms with Crippen LogP contribution < -0.4 is 14.5 Å². The van der Waals surface area contributed by atoms with Gasteiger partial charge in [-0.25, -0.2) is 0 Å². The Hall–Kier alpha value is -2.89. The molecule has 32 heavy (non-hydrogen) atoms. The summed E-state index contributed by atoms with van der Waals surface area (Å²) in [6.07, 6.45) is 2.03. The number of carbonyl (C=O) groups excluding carboxylic acids is 1. The first-order valence-electron chi connectivity index (χ1n) is 10.8. The fourth-order valence-electron chi connectivity index (χ4n) is 4.21. The van der Waals surface area contributed by atoms with Gasteiger partial charge >= 0.3 is 0 Å². The Morgan fingerprint density at radius 3 is 2.44 bits per heavy atom. The van der Waals surface area contributed by atoms with Crippen LogP contribution in [-0.2, 0) is 4.74 Å². The number of thioether (sulfide) groups is 1. The average Bonchev–Trinajstić information content (AvgIpc) is 2.88. The lowest BCUT2D eigenvalue weighted by Crippen LogP contribution is -2.49.